The molecule has 0 saturated heterocycles. The highest BCUT2D eigenvalue weighted by atomic mass is 32.1. The minimum absolute atomic E-state index is 0.0907. The van der Waals surface area contributed by atoms with E-state index in [0.29, 0.717) is 29.1 Å². The number of amides is 1. The van der Waals surface area contributed by atoms with E-state index in [4.69, 9.17) is 4.74 Å². The van der Waals surface area contributed by atoms with Crippen LogP contribution in [0.2, 0.25) is 0 Å². The van der Waals surface area contributed by atoms with E-state index < -0.39 is 17.8 Å². The SMILES string of the molecule is CC1(C)CC(=O)C2=C(C1)Nc1c(O)cccc1N(C(=O)c1cscn1)C2c1ccc(OCc2ccccc2)cc1F. The van der Waals surface area contributed by atoms with Gasteiger partial charge in [0.1, 0.15) is 35.3 Å². The number of para-hydroxylation sites is 1. The van der Waals surface area contributed by atoms with E-state index in [9.17, 15) is 14.7 Å². The first kappa shape index (κ1) is 26.7. The van der Waals surface area contributed by atoms with Crippen molar-refractivity contribution in [3.8, 4) is 11.5 Å². The lowest BCUT2D eigenvalue weighted by Crippen LogP contribution is -2.40. The first-order valence-corrected chi connectivity index (χ1v) is 14.2. The summed E-state index contributed by atoms with van der Waals surface area (Å²) >= 11 is 1.26. The number of ketones is 1. The van der Waals surface area contributed by atoms with Gasteiger partial charge in [0, 0.05) is 34.7 Å². The number of ether oxygens (including phenoxy) is 1. The number of carbonyl (C=O) groups is 2. The van der Waals surface area contributed by atoms with Gasteiger partial charge < -0.3 is 15.2 Å². The maximum atomic E-state index is 16.1. The van der Waals surface area contributed by atoms with Gasteiger partial charge in [-0.25, -0.2) is 9.37 Å². The summed E-state index contributed by atoms with van der Waals surface area (Å²) in [5.41, 5.74) is 3.84. The van der Waals surface area contributed by atoms with Crippen LogP contribution in [0.3, 0.4) is 0 Å². The lowest BCUT2D eigenvalue weighted by molar-refractivity contribution is -0.118. The summed E-state index contributed by atoms with van der Waals surface area (Å²) in [6.45, 7) is 4.23. The quantitative estimate of drug-likeness (QED) is 0.251. The fourth-order valence-corrected chi connectivity index (χ4v) is 6.09. The van der Waals surface area contributed by atoms with Crippen molar-refractivity contribution >= 4 is 34.4 Å². The lowest BCUT2D eigenvalue weighted by Gasteiger charge is -2.37. The van der Waals surface area contributed by atoms with Crippen LogP contribution in [-0.4, -0.2) is 21.8 Å². The molecule has 2 N–H and O–H groups in total. The van der Waals surface area contributed by atoms with Gasteiger partial charge in [-0.05, 0) is 41.7 Å². The molecule has 2 aliphatic rings. The molecule has 2 heterocycles. The number of hydrogen-bond donors (Lipinski definition) is 2. The van der Waals surface area contributed by atoms with E-state index in [-0.39, 0.29) is 46.9 Å². The maximum Gasteiger partial charge on any atom is 0.278 e. The van der Waals surface area contributed by atoms with Gasteiger partial charge in [-0.3, -0.25) is 14.5 Å². The molecule has 1 aliphatic carbocycles. The number of phenols is 1. The van der Waals surface area contributed by atoms with Crippen molar-refractivity contribution in [2.24, 2.45) is 5.41 Å². The van der Waals surface area contributed by atoms with E-state index in [1.807, 2.05) is 44.2 Å². The van der Waals surface area contributed by atoms with Crippen LogP contribution in [0, 0.1) is 11.2 Å². The molecule has 6 rings (SSSR count). The Balaban J connectivity index is 1.51. The zero-order valence-electron chi connectivity index (χ0n) is 22.6. The number of nitrogens with zero attached hydrogens (tertiary/aromatic N) is 2. The number of benzene rings is 3. The Labute approximate surface area is 240 Å². The lowest BCUT2D eigenvalue weighted by atomic mass is 9.73. The third-order valence-electron chi connectivity index (χ3n) is 7.39. The summed E-state index contributed by atoms with van der Waals surface area (Å²) in [7, 11) is 0. The van der Waals surface area contributed by atoms with Crippen LogP contribution in [0.1, 0.15) is 54.3 Å². The van der Waals surface area contributed by atoms with E-state index in [2.05, 4.69) is 10.3 Å². The van der Waals surface area contributed by atoms with E-state index in [0.717, 1.165) is 5.56 Å². The number of fused-ring (bicyclic) bond motifs is 1. The highest BCUT2D eigenvalue weighted by Crippen LogP contribution is 2.51. The fraction of sp³-hybridized carbons (Fsp3) is 0.219. The Morgan fingerprint density at radius 2 is 1.95 bits per heavy atom. The van der Waals surface area contributed by atoms with Crippen molar-refractivity contribution in [1.82, 2.24) is 4.98 Å². The summed E-state index contributed by atoms with van der Waals surface area (Å²) in [5.74, 6) is -1.10. The molecule has 1 amide bonds. The molecular formula is C32H28FN3O4S. The number of aromatic hydroxyl groups is 1. The number of carbonyl (C=O) groups excluding carboxylic acids is 2. The summed E-state index contributed by atoms with van der Waals surface area (Å²) in [6, 6.07) is 17.7. The molecular weight excluding hydrogens is 541 g/mol. The molecule has 1 atom stereocenters. The van der Waals surface area contributed by atoms with Crippen LogP contribution in [-0.2, 0) is 11.4 Å². The maximum absolute atomic E-state index is 16.1. The van der Waals surface area contributed by atoms with Crippen LogP contribution in [0.4, 0.5) is 15.8 Å². The normalized spacial score (nSPS) is 17.8. The molecule has 1 unspecified atom stereocenters. The van der Waals surface area contributed by atoms with Crippen molar-refractivity contribution < 1.29 is 23.8 Å². The predicted octanol–water partition coefficient (Wildman–Crippen LogP) is 7.02. The van der Waals surface area contributed by atoms with Crippen LogP contribution >= 0.6 is 11.3 Å². The summed E-state index contributed by atoms with van der Waals surface area (Å²) in [5, 5.41) is 15.8. The van der Waals surface area contributed by atoms with Gasteiger partial charge in [-0.2, -0.15) is 0 Å². The number of aromatic nitrogens is 1. The molecule has 0 saturated carbocycles. The Morgan fingerprint density at radius 1 is 1.15 bits per heavy atom. The third-order valence-corrected chi connectivity index (χ3v) is 7.98. The van der Waals surface area contributed by atoms with E-state index in [1.54, 1.807) is 35.2 Å². The molecule has 9 heteroatoms. The molecule has 4 aromatic rings. The second-order valence-electron chi connectivity index (χ2n) is 11.0. The Morgan fingerprint density at radius 3 is 2.68 bits per heavy atom. The van der Waals surface area contributed by atoms with Crippen molar-refractivity contribution in [3.63, 3.8) is 0 Å². The molecule has 41 heavy (non-hydrogen) atoms. The van der Waals surface area contributed by atoms with E-state index >= 15 is 4.39 Å². The van der Waals surface area contributed by atoms with Gasteiger partial charge in [-0.1, -0.05) is 50.2 Å². The van der Waals surface area contributed by atoms with Gasteiger partial charge in [0.25, 0.3) is 5.91 Å². The second-order valence-corrected chi connectivity index (χ2v) is 11.8. The van der Waals surface area contributed by atoms with Crippen LogP contribution < -0.4 is 15.0 Å². The standard InChI is InChI=1S/C32H28FN3O4S/c1-32(2)14-23-28(27(38)15-32)30(21-12-11-20(13-22(21)33)40-16-19-7-4-3-5-8-19)36(31(39)24-17-41-18-34-24)25-9-6-10-26(37)29(25)35-23/h3-13,17-18,30,35,37H,14-16H2,1-2H3. The summed E-state index contributed by atoms with van der Waals surface area (Å²) < 4.78 is 22.0. The molecule has 0 bridgehead atoms. The largest absolute Gasteiger partial charge is 0.506 e. The van der Waals surface area contributed by atoms with Crippen LogP contribution in [0.25, 0.3) is 0 Å². The average Bonchev–Trinajstić information content (AvgIpc) is 3.43. The Hall–Kier alpha value is -4.50. The van der Waals surface area contributed by atoms with Gasteiger partial charge in [0.05, 0.1) is 17.2 Å². The number of thiazole rings is 1. The molecule has 0 radical (unpaired) electrons. The monoisotopic (exact) mass is 569 g/mol. The minimum Gasteiger partial charge on any atom is -0.506 e. The first-order chi connectivity index (χ1) is 19.7. The number of Topliss-reactive ketones (excluding diaryl/α,β-unsaturated/α-hetero) is 1. The van der Waals surface area contributed by atoms with Gasteiger partial charge >= 0.3 is 0 Å². The summed E-state index contributed by atoms with van der Waals surface area (Å²) in [6.07, 6.45) is 0.696. The smallest absolute Gasteiger partial charge is 0.278 e. The molecule has 1 aliphatic heterocycles. The highest BCUT2D eigenvalue weighted by Gasteiger charge is 2.45. The van der Waals surface area contributed by atoms with Crippen molar-refractivity contribution in [1.29, 1.82) is 0 Å². The predicted molar refractivity (Wildman–Crippen MR) is 156 cm³/mol. The minimum atomic E-state index is -1.11. The number of phenolic OH excluding ortho intramolecular Hbond substituents is 1. The number of nitrogens with one attached hydrogen (secondary N) is 1. The van der Waals surface area contributed by atoms with Crippen molar-refractivity contribution in [3.05, 3.63) is 112 Å². The van der Waals surface area contributed by atoms with Crippen molar-refractivity contribution in [2.45, 2.75) is 39.3 Å². The average molecular weight is 570 g/mol. The number of halogens is 1. The Bertz CT molecular complexity index is 1670. The Kier molecular flexibility index (Phi) is 6.83. The fourth-order valence-electron chi connectivity index (χ4n) is 5.56. The molecule has 208 valence electrons. The zero-order chi connectivity index (χ0) is 28.7. The molecule has 1 aromatic heterocycles. The number of hydrogen-bond acceptors (Lipinski definition) is 7. The zero-order valence-corrected chi connectivity index (χ0v) is 23.4. The van der Waals surface area contributed by atoms with Gasteiger partial charge in [0.2, 0.25) is 0 Å². The highest BCUT2D eigenvalue weighted by molar-refractivity contribution is 7.07. The first-order valence-electron chi connectivity index (χ1n) is 13.2. The van der Waals surface area contributed by atoms with Gasteiger partial charge in [-0.15, -0.1) is 11.3 Å². The van der Waals surface area contributed by atoms with Crippen LogP contribution in [0.15, 0.2) is 88.9 Å². The number of rotatable bonds is 5. The van der Waals surface area contributed by atoms with E-state index in [1.165, 1.54) is 28.4 Å². The third kappa shape index (κ3) is 5.09. The molecule has 0 fully saturated rings. The summed E-state index contributed by atoms with van der Waals surface area (Å²) in [4.78, 5) is 33.5. The molecule has 0 spiro atoms. The topological polar surface area (TPSA) is 91.8 Å². The molecule has 3 aromatic carbocycles. The number of anilines is 2. The second kappa shape index (κ2) is 10.5. The van der Waals surface area contributed by atoms with Crippen LogP contribution in [0.5, 0.6) is 11.5 Å². The number of allylic oxidation sites excluding steroid dienone is 1. The van der Waals surface area contributed by atoms with Gasteiger partial charge in [0.15, 0.2) is 5.78 Å². The molecule has 7 nitrogen and oxygen atoms in total. The van der Waals surface area contributed by atoms with Crippen molar-refractivity contribution in [2.75, 3.05) is 10.2 Å².